The molecular formula is C21H19BrN2O3. The Morgan fingerprint density at radius 3 is 2.93 bits per heavy atom. The van der Waals surface area contributed by atoms with Crippen molar-refractivity contribution in [3.63, 3.8) is 0 Å². The van der Waals surface area contributed by atoms with Crippen LogP contribution in [0.3, 0.4) is 0 Å². The zero-order valence-electron chi connectivity index (χ0n) is 14.9. The van der Waals surface area contributed by atoms with E-state index in [1.807, 2.05) is 12.2 Å². The van der Waals surface area contributed by atoms with Gasteiger partial charge in [-0.25, -0.2) is 4.99 Å². The number of ether oxygens (including phenoxy) is 1. The fourth-order valence-electron chi connectivity index (χ4n) is 3.79. The van der Waals surface area contributed by atoms with E-state index in [0.717, 1.165) is 37.0 Å². The van der Waals surface area contributed by atoms with Gasteiger partial charge in [0.25, 0.3) is 11.8 Å². The maximum Gasteiger partial charge on any atom is 0.278 e. The van der Waals surface area contributed by atoms with Gasteiger partial charge in [-0.05, 0) is 77.5 Å². The van der Waals surface area contributed by atoms with Crippen LogP contribution in [0.2, 0.25) is 0 Å². The average Bonchev–Trinajstić information content (AvgIpc) is 2.68. The lowest BCUT2D eigenvalue weighted by Crippen LogP contribution is -2.37. The molecule has 1 aromatic rings. The largest absolute Gasteiger partial charge is 0.497 e. The Balaban J connectivity index is 1.63. The molecule has 5 nitrogen and oxygen atoms in total. The highest BCUT2D eigenvalue weighted by molar-refractivity contribution is 9.10. The summed E-state index contributed by atoms with van der Waals surface area (Å²) in [7, 11) is 1.55. The van der Waals surface area contributed by atoms with E-state index in [2.05, 4.69) is 26.2 Å². The van der Waals surface area contributed by atoms with Crippen molar-refractivity contribution >= 4 is 33.5 Å². The molecule has 0 aromatic heterocycles. The third-order valence-electron chi connectivity index (χ3n) is 5.15. The number of rotatable bonds is 2. The molecule has 0 saturated heterocycles. The Hall–Kier alpha value is -2.47. The number of hydrogen-bond donors (Lipinski definition) is 1. The molecule has 0 spiro atoms. The third-order valence-corrected chi connectivity index (χ3v) is 5.84. The summed E-state index contributed by atoms with van der Waals surface area (Å²) in [6, 6.07) is 5.19. The second kappa shape index (κ2) is 7.27. The van der Waals surface area contributed by atoms with E-state index in [4.69, 9.17) is 4.74 Å². The number of nitrogens with one attached hydrogen (secondary N) is 1. The van der Waals surface area contributed by atoms with Crippen molar-refractivity contribution in [2.45, 2.75) is 25.7 Å². The Bertz CT molecular complexity index is 956. The van der Waals surface area contributed by atoms with Gasteiger partial charge in [0.1, 0.15) is 5.75 Å². The smallest absolute Gasteiger partial charge is 0.278 e. The van der Waals surface area contributed by atoms with Crippen LogP contribution in [-0.4, -0.2) is 24.6 Å². The van der Waals surface area contributed by atoms with Crippen molar-refractivity contribution in [2.75, 3.05) is 7.11 Å². The second-order valence-corrected chi connectivity index (χ2v) is 7.64. The Morgan fingerprint density at radius 2 is 2.11 bits per heavy atom. The first-order valence-electron chi connectivity index (χ1n) is 8.96. The molecule has 0 radical (unpaired) electrons. The molecular weight excluding hydrogens is 408 g/mol. The van der Waals surface area contributed by atoms with Crippen molar-refractivity contribution in [1.82, 2.24) is 5.32 Å². The van der Waals surface area contributed by atoms with E-state index in [1.165, 1.54) is 5.57 Å². The number of aliphatic imine (C=N–C) groups is 1. The van der Waals surface area contributed by atoms with Crippen molar-refractivity contribution < 1.29 is 14.3 Å². The molecule has 1 N–H and O–H groups in total. The van der Waals surface area contributed by atoms with Crippen LogP contribution >= 0.6 is 15.9 Å². The maximum absolute atomic E-state index is 12.6. The maximum atomic E-state index is 12.6. The molecule has 1 aliphatic heterocycles. The molecule has 0 saturated carbocycles. The van der Waals surface area contributed by atoms with E-state index in [0.29, 0.717) is 21.5 Å². The lowest BCUT2D eigenvalue weighted by molar-refractivity contribution is -0.117. The molecule has 0 bridgehead atoms. The van der Waals surface area contributed by atoms with Gasteiger partial charge in [-0.1, -0.05) is 6.08 Å². The third kappa shape index (κ3) is 3.41. The van der Waals surface area contributed by atoms with Crippen LogP contribution in [0.4, 0.5) is 0 Å². The second-order valence-electron chi connectivity index (χ2n) is 6.79. The first-order valence-corrected chi connectivity index (χ1v) is 9.75. The molecule has 3 aliphatic rings. The molecule has 1 unspecified atom stereocenters. The summed E-state index contributed by atoms with van der Waals surface area (Å²) in [6.45, 7) is 0. The highest BCUT2D eigenvalue weighted by Crippen LogP contribution is 2.38. The van der Waals surface area contributed by atoms with Crippen LogP contribution in [0.15, 0.2) is 62.7 Å². The lowest BCUT2D eigenvalue weighted by Gasteiger charge is -2.33. The molecule has 1 aromatic carbocycles. The Kier molecular flexibility index (Phi) is 4.83. The summed E-state index contributed by atoms with van der Waals surface area (Å²) < 4.78 is 5.84. The quantitative estimate of drug-likeness (QED) is 0.773. The van der Waals surface area contributed by atoms with Crippen LogP contribution < -0.4 is 10.1 Å². The highest BCUT2D eigenvalue weighted by Gasteiger charge is 2.33. The first kappa shape index (κ1) is 17.9. The van der Waals surface area contributed by atoms with Gasteiger partial charge in [0, 0.05) is 21.7 Å². The minimum atomic E-state index is -0.365. The molecule has 138 valence electrons. The predicted octanol–water partition coefficient (Wildman–Crippen LogP) is 4.11. The number of carbonyl (C=O) groups excluding carboxylic acids is 2. The summed E-state index contributed by atoms with van der Waals surface area (Å²) in [6.07, 6.45) is 9.68. The fraction of sp³-hybridized carbons (Fsp3) is 0.286. The SMILES string of the molecule is COc1ccc(Br)c(C(=O)N=C2C=CC3C(=C2)NC(=O)C2=C3CCCC2)c1. The zero-order chi connectivity index (χ0) is 19.0. The first-order chi connectivity index (χ1) is 13.1. The highest BCUT2D eigenvalue weighted by atomic mass is 79.9. The van der Waals surface area contributed by atoms with Crippen LogP contribution in [0.25, 0.3) is 0 Å². The molecule has 1 atom stereocenters. The fourth-order valence-corrected chi connectivity index (χ4v) is 4.21. The minimum absolute atomic E-state index is 0.0104. The van der Waals surface area contributed by atoms with Crippen LogP contribution in [0, 0.1) is 5.92 Å². The van der Waals surface area contributed by atoms with Gasteiger partial charge in [0.2, 0.25) is 0 Å². The predicted molar refractivity (Wildman–Crippen MR) is 107 cm³/mol. The summed E-state index contributed by atoms with van der Waals surface area (Å²) in [4.78, 5) is 29.2. The number of benzene rings is 1. The van der Waals surface area contributed by atoms with Gasteiger partial charge in [-0.2, -0.15) is 0 Å². The summed E-state index contributed by atoms with van der Waals surface area (Å²) >= 11 is 3.38. The molecule has 27 heavy (non-hydrogen) atoms. The average molecular weight is 427 g/mol. The number of amides is 2. The molecule has 2 amide bonds. The van der Waals surface area contributed by atoms with Crippen LogP contribution in [0.1, 0.15) is 36.0 Å². The van der Waals surface area contributed by atoms with Gasteiger partial charge in [0.15, 0.2) is 0 Å². The number of methoxy groups -OCH3 is 1. The van der Waals surface area contributed by atoms with E-state index in [9.17, 15) is 9.59 Å². The summed E-state index contributed by atoms with van der Waals surface area (Å²) in [5, 5.41) is 2.98. The van der Waals surface area contributed by atoms with Crippen molar-refractivity contribution in [1.29, 1.82) is 0 Å². The van der Waals surface area contributed by atoms with Gasteiger partial charge in [-0.15, -0.1) is 0 Å². The number of carbonyl (C=O) groups is 2. The topological polar surface area (TPSA) is 67.8 Å². The van der Waals surface area contributed by atoms with Crippen LogP contribution in [0.5, 0.6) is 5.75 Å². The Morgan fingerprint density at radius 1 is 1.30 bits per heavy atom. The summed E-state index contributed by atoms with van der Waals surface area (Å²) in [5.41, 5.74) is 3.92. The Labute approximate surface area is 166 Å². The molecule has 6 heteroatoms. The number of fused-ring (bicyclic) bond motifs is 2. The molecule has 1 heterocycles. The van der Waals surface area contributed by atoms with Gasteiger partial charge in [-0.3, -0.25) is 9.59 Å². The van der Waals surface area contributed by atoms with Crippen molar-refractivity contribution in [2.24, 2.45) is 10.9 Å². The number of nitrogens with zero attached hydrogens (tertiary/aromatic N) is 1. The number of halogens is 1. The number of hydrogen-bond acceptors (Lipinski definition) is 3. The summed E-state index contributed by atoms with van der Waals surface area (Å²) in [5.74, 6) is 0.311. The van der Waals surface area contributed by atoms with E-state index >= 15 is 0 Å². The number of allylic oxidation sites excluding steroid dienone is 3. The van der Waals surface area contributed by atoms with Gasteiger partial charge < -0.3 is 10.1 Å². The van der Waals surface area contributed by atoms with E-state index < -0.39 is 0 Å². The standard InChI is InChI=1S/C21H19BrN2O3/c1-27-13-7-9-18(22)17(11-13)21(26)23-12-6-8-15-14-4-2-3-5-16(14)20(25)24-19(15)10-12/h6-11,15H,2-5H2,1H3,(H,24,25). The van der Waals surface area contributed by atoms with Crippen molar-refractivity contribution in [3.8, 4) is 5.75 Å². The van der Waals surface area contributed by atoms with Crippen molar-refractivity contribution in [3.05, 3.63) is 63.3 Å². The van der Waals surface area contributed by atoms with E-state index in [-0.39, 0.29) is 17.7 Å². The minimum Gasteiger partial charge on any atom is -0.497 e. The van der Waals surface area contributed by atoms with Crippen LogP contribution in [-0.2, 0) is 4.79 Å². The molecule has 4 rings (SSSR count). The van der Waals surface area contributed by atoms with Gasteiger partial charge >= 0.3 is 0 Å². The normalized spacial score (nSPS) is 22.7. The zero-order valence-corrected chi connectivity index (χ0v) is 16.5. The van der Waals surface area contributed by atoms with E-state index in [1.54, 1.807) is 31.4 Å². The van der Waals surface area contributed by atoms with Gasteiger partial charge in [0.05, 0.1) is 18.4 Å². The molecule has 2 aliphatic carbocycles. The lowest BCUT2D eigenvalue weighted by atomic mass is 9.77. The monoisotopic (exact) mass is 426 g/mol. The molecule has 0 fully saturated rings.